The van der Waals surface area contributed by atoms with Gasteiger partial charge >= 0.3 is 0 Å². The summed E-state index contributed by atoms with van der Waals surface area (Å²) in [5.41, 5.74) is 0.478. The van der Waals surface area contributed by atoms with E-state index in [2.05, 4.69) is 0 Å². The lowest BCUT2D eigenvalue weighted by Crippen LogP contribution is -2.22. The highest BCUT2D eigenvalue weighted by Crippen LogP contribution is 2.42. The Morgan fingerprint density at radius 1 is 1.29 bits per heavy atom. The van der Waals surface area contributed by atoms with Crippen LogP contribution in [0, 0.1) is 10.1 Å². The van der Waals surface area contributed by atoms with Crippen LogP contribution in [0.25, 0.3) is 0 Å². The normalized spacial score (nSPS) is 13.8. The molecule has 24 heavy (non-hydrogen) atoms. The van der Waals surface area contributed by atoms with E-state index >= 15 is 0 Å². The predicted octanol–water partition coefficient (Wildman–Crippen LogP) is 4.75. The third-order valence-corrected chi connectivity index (χ3v) is 4.42. The first-order chi connectivity index (χ1) is 11.4. The van der Waals surface area contributed by atoms with Crippen molar-refractivity contribution in [2.24, 2.45) is 0 Å². The van der Waals surface area contributed by atoms with Crippen molar-refractivity contribution in [2.45, 2.75) is 32.2 Å². The SMILES string of the molecule is CCn1cc(Oc2c(Cl)cc([N+](=O)[O-])cc2Cl)cc(C2CC2)c1=O. The van der Waals surface area contributed by atoms with Gasteiger partial charge in [-0.15, -0.1) is 0 Å². The van der Waals surface area contributed by atoms with Crippen LogP contribution in [-0.2, 0) is 6.54 Å². The molecule has 3 rings (SSSR count). The molecule has 1 aromatic heterocycles. The van der Waals surface area contributed by atoms with Gasteiger partial charge in [0.2, 0.25) is 0 Å². The predicted molar refractivity (Wildman–Crippen MR) is 91.5 cm³/mol. The molecule has 1 aromatic carbocycles. The first kappa shape index (κ1) is 16.8. The molecule has 0 spiro atoms. The van der Waals surface area contributed by atoms with Crippen LogP contribution in [-0.4, -0.2) is 9.49 Å². The minimum absolute atomic E-state index is 0.0201. The lowest BCUT2D eigenvalue weighted by atomic mass is 10.2. The number of ether oxygens (including phenoxy) is 1. The van der Waals surface area contributed by atoms with E-state index in [1.165, 1.54) is 12.1 Å². The van der Waals surface area contributed by atoms with E-state index in [4.69, 9.17) is 27.9 Å². The number of hydrogen-bond acceptors (Lipinski definition) is 4. The van der Waals surface area contributed by atoms with E-state index in [1.54, 1.807) is 16.8 Å². The zero-order valence-electron chi connectivity index (χ0n) is 12.8. The van der Waals surface area contributed by atoms with Crippen molar-refractivity contribution in [1.29, 1.82) is 0 Å². The van der Waals surface area contributed by atoms with E-state index < -0.39 is 4.92 Å². The zero-order valence-corrected chi connectivity index (χ0v) is 14.3. The molecule has 1 aliphatic rings. The molecule has 0 atom stereocenters. The number of halogens is 2. The van der Waals surface area contributed by atoms with Crippen LogP contribution in [0.15, 0.2) is 29.2 Å². The van der Waals surface area contributed by atoms with Crippen molar-refractivity contribution >= 4 is 28.9 Å². The standard InChI is InChI=1S/C16H14Cl2N2O4/c1-2-19-8-11(7-12(16(19)21)9-3-4-9)24-15-13(17)5-10(20(22)23)6-14(15)18/h5-9H,2-4H2,1H3. The highest BCUT2D eigenvalue weighted by atomic mass is 35.5. The Morgan fingerprint density at radius 3 is 2.42 bits per heavy atom. The van der Waals surface area contributed by atoms with Crippen molar-refractivity contribution in [2.75, 3.05) is 0 Å². The van der Waals surface area contributed by atoms with Gasteiger partial charge in [0.05, 0.1) is 15.0 Å². The zero-order chi connectivity index (χ0) is 17.4. The molecule has 0 N–H and O–H groups in total. The Kier molecular flexibility index (Phi) is 4.51. The average molecular weight is 369 g/mol. The Labute approximate surface area is 147 Å². The molecule has 0 amide bonds. The second-order valence-electron chi connectivity index (χ2n) is 5.59. The van der Waals surface area contributed by atoms with Gasteiger partial charge in [0.15, 0.2) is 5.75 Å². The monoisotopic (exact) mass is 368 g/mol. The van der Waals surface area contributed by atoms with Crippen molar-refractivity contribution < 1.29 is 9.66 Å². The number of rotatable bonds is 5. The number of aryl methyl sites for hydroxylation is 1. The summed E-state index contributed by atoms with van der Waals surface area (Å²) in [4.78, 5) is 22.6. The fourth-order valence-electron chi connectivity index (χ4n) is 2.48. The van der Waals surface area contributed by atoms with Crippen LogP contribution in [0.5, 0.6) is 11.5 Å². The van der Waals surface area contributed by atoms with Gasteiger partial charge in [-0.2, -0.15) is 0 Å². The van der Waals surface area contributed by atoms with Crippen molar-refractivity contribution in [1.82, 2.24) is 4.57 Å². The average Bonchev–Trinajstić information content (AvgIpc) is 3.36. The number of benzene rings is 1. The fraction of sp³-hybridized carbons (Fsp3) is 0.312. The number of nitro groups is 1. The first-order valence-electron chi connectivity index (χ1n) is 7.46. The molecule has 0 bridgehead atoms. The topological polar surface area (TPSA) is 74.4 Å². The molecule has 1 aliphatic carbocycles. The number of aromatic nitrogens is 1. The maximum Gasteiger partial charge on any atom is 0.272 e. The molecule has 0 radical (unpaired) electrons. The number of pyridine rings is 1. The van der Waals surface area contributed by atoms with E-state index in [0.717, 1.165) is 12.8 Å². The highest BCUT2D eigenvalue weighted by Gasteiger charge is 2.28. The summed E-state index contributed by atoms with van der Waals surface area (Å²) < 4.78 is 7.31. The smallest absolute Gasteiger partial charge is 0.272 e. The molecular weight excluding hydrogens is 355 g/mol. The molecule has 1 heterocycles. The third kappa shape index (κ3) is 3.25. The largest absolute Gasteiger partial charge is 0.453 e. The summed E-state index contributed by atoms with van der Waals surface area (Å²) in [5.74, 6) is 0.824. The number of nitro benzene ring substituents is 1. The van der Waals surface area contributed by atoms with Crippen LogP contribution >= 0.6 is 23.2 Å². The number of nitrogens with zero attached hydrogens (tertiary/aromatic N) is 2. The molecule has 8 heteroatoms. The Morgan fingerprint density at radius 2 is 1.92 bits per heavy atom. The van der Waals surface area contributed by atoms with Crippen LogP contribution < -0.4 is 10.3 Å². The van der Waals surface area contributed by atoms with Crippen molar-refractivity contribution in [3.8, 4) is 11.5 Å². The molecule has 0 saturated heterocycles. The molecule has 126 valence electrons. The Bertz CT molecular complexity index is 852. The van der Waals surface area contributed by atoms with Gasteiger partial charge in [0, 0.05) is 30.4 Å². The van der Waals surface area contributed by atoms with Crippen LogP contribution in [0.4, 0.5) is 5.69 Å². The Hall–Kier alpha value is -2.05. The fourth-order valence-corrected chi connectivity index (χ4v) is 3.03. The molecule has 0 unspecified atom stereocenters. The van der Waals surface area contributed by atoms with E-state index in [-0.39, 0.29) is 33.0 Å². The summed E-state index contributed by atoms with van der Waals surface area (Å²) in [6.07, 6.45) is 3.56. The van der Waals surface area contributed by atoms with Crippen LogP contribution in [0.1, 0.15) is 31.2 Å². The molecule has 6 nitrogen and oxygen atoms in total. The van der Waals surface area contributed by atoms with Gasteiger partial charge < -0.3 is 9.30 Å². The van der Waals surface area contributed by atoms with Gasteiger partial charge in [-0.05, 0) is 31.7 Å². The van der Waals surface area contributed by atoms with Crippen molar-refractivity contribution in [3.63, 3.8) is 0 Å². The van der Waals surface area contributed by atoms with Gasteiger partial charge in [0.1, 0.15) is 5.75 Å². The lowest BCUT2D eigenvalue weighted by molar-refractivity contribution is -0.384. The minimum atomic E-state index is -0.579. The number of non-ortho nitro benzene ring substituents is 1. The molecule has 2 aromatic rings. The first-order valence-corrected chi connectivity index (χ1v) is 8.22. The highest BCUT2D eigenvalue weighted by molar-refractivity contribution is 6.37. The van der Waals surface area contributed by atoms with E-state index in [1.807, 2.05) is 6.92 Å². The second-order valence-corrected chi connectivity index (χ2v) is 6.41. The maximum absolute atomic E-state index is 12.3. The number of hydrogen-bond donors (Lipinski definition) is 0. The van der Waals surface area contributed by atoms with Crippen LogP contribution in [0.3, 0.4) is 0 Å². The summed E-state index contributed by atoms with van der Waals surface area (Å²) in [6, 6.07) is 4.06. The summed E-state index contributed by atoms with van der Waals surface area (Å²) >= 11 is 12.1. The molecular formula is C16H14Cl2N2O4. The van der Waals surface area contributed by atoms with Gasteiger partial charge in [-0.3, -0.25) is 14.9 Å². The second kappa shape index (κ2) is 6.45. The van der Waals surface area contributed by atoms with Crippen molar-refractivity contribution in [3.05, 3.63) is 60.5 Å². The minimum Gasteiger partial charge on any atom is -0.453 e. The van der Waals surface area contributed by atoms with Gasteiger partial charge in [-0.25, -0.2) is 0 Å². The lowest BCUT2D eigenvalue weighted by Gasteiger charge is -2.13. The summed E-state index contributed by atoms with van der Waals surface area (Å²) in [7, 11) is 0. The molecule has 1 fully saturated rings. The third-order valence-electron chi connectivity index (χ3n) is 3.86. The van der Waals surface area contributed by atoms with E-state index in [0.29, 0.717) is 17.9 Å². The summed E-state index contributed by atoms with van der Waals surface area (Å²) in [6.45, 7) is 2.38. The quantitative estimate of drug-likeness (QED) is 0.563. The van der Waals surface area contributed by atoms with Gasteiger partial charge in [0.25, 0.3) is 11.2 Å². The maximum atomic E-state index is 12.3. The molecule has 0 aliphatic heterocycles. The van der Waals surface area contributed by atoms with Crippen LogP contribution in [0.2, 0.25) is 10.0 Å². The summed E-state index contributed by atoms with van der Waals surface area (Å²) in [5, 5.41) is 10.9. The Balaban J connectivity index is 2.01. The van der Waals surface area contributed by atoms with E-state index in [9.17, 15) is 14.9 Å². The molecule has 1 saturated carbocycles. The van der Waals surface area contributed by atoms with Gasteiger partial charge in [-0.1, -0.05) is 23.2 Å².